The van der Waals surface area contributed by atoms with E-state index in [1.807, 2.05) is 24.3 Å². The van der Waals surface area contributed by atoms with Crippen LogP contribution in [0.4, 0.5) is 0 Å². The molecule has 0 fully saturated rings. The van der Waals surface area contributed by atoms with E-state index in [-0.39, 0.29) is 5.25 Å². The Bertz CT molecular complexity index is 447. The highest BCUT2D eigenvalue weighted by Crippen LogP contribution is 2.36. The van der Waals surface area contributed by atoms with Crippen LogP contribution in [-0.2, 0) is 0 Å². The molecule has 0 bridgehead atoms. The average Bonchev–Trinajstić information content (AvgIpc) is 2.81. The van der Waals surface area contributed by atoms with Gasteiger partial charge in [-0.05, 0) is 40.2 Å². The van der Waals surface area contributed by atoms with Gasteiger partial charge in [0.2, 0.25) is 0 Å². The standard InChI is InChI=1S/C11H11BrN2OS/c12-8-3-1-5-14-11(8)16-10(7-13)9-4-2-6-15-9/h1-6,10H,7,13H2. The third-order valence-electron chi connectivity index (χ3n) is 2.05. The first-order valence-electron chi connectivity index (χ1n) is 4.82. The van der Waals surface area contributed by atoms with E-state index in [1.54, 1.807) is 24.2 Å². The lowest BCUT2D eigenvalue weighted by Gasteiger charge is -2.11. The van der Waals surface area contributed by atoms with Crippen molar-refractivity contribution in [3.63, 3.8) is 0 Å². The monoisotopic (exact) mass is 298 g/mol. The van der Waals surface area contributed by atoms with Gasteiger partial charge in [-0.3, -0.25) is 0 Å². The predicted molar refractivity (Wildman–Crippen MR) is 68.3 cm³/mol. The van der Waals surface area contributed by atoms with E-state index in [0.717, 1.165) is 15.3 Å². The van der Waals surface area contributed by atoms with Crippen molar-refractivity contribution >= 4 is 27.7 Å². The third-order valence-corrected chi connectivity index (χ3v) is 4.21. The molecule has 1 unspecified atom stereocenters. The lowest BCUT2D eigenvalue weighted by molar-refractivity contribution is 0.507. The number of rotatable bonds is 4. The summed E-state index contributed by atoms with van der Waals surface area (Å²) in [7, 11) is 0. The van der Waals surface area contributed by atoms with Crippen molar-refractivity contribution in [2.45, 2.75) is 10.3 Å². The molecule has 2 heterocycles. The summed E-state index contributed by atoms with van der Waals surface area (Å²) in [5.41, 5.74) is 5.74. The van der Waals surface area contributed by atoms with E-state index >= 15 is 0 Å². The Morgan fingerprint density at radius 1 is 1.44 bits per heavy atom. The quantitative estimate of drug-likeness (QED) is 0.881. The van der Waals surface area contributed by atoms with E-state index in [4.69, 9.17) is 10.2 Å². The Morgan fingerprint density at radius 3 is 2.94 bits per heavy atom. The van der Waals surface area contributed by atoms with E-state index in [1.165, 1.54) is 0 Å². The Kier molecular flexibility index (Phi) is 4.04. The zero-order valence-corrected chi connectivity index (χ0v) is 10.9. The van der Waals surface area contributed by atoms with Crippen molar-refractivity contribution in [2.75, 3.05) is 6.54 Å². The second kappa shape index (κ2) is 5.52. The predicted octanol–water partition coefficient (Wildman–Crippen LogP) is 3.23. The lowest BCUT2D eigenvalue weighted by atomic mass is 10.3. The second-order valence-corrected chi connectivity index (χ2v) is 5.19. The fourth-order valence-corrected chi connectivity index (χ4v) is 2.74. The fraction of sp³-hybridized carbons (Fsp3) is 0.182. The van der Waals surface area contributed by atoms with Gasteiger partial charge in [-0.2, -0.15) is 0 Å². The molecule has 0 saturated heterocycles. The molecule has 84 valence electrons. The van der Waals surface area contributed by atoms with Crippen LogP contribution in [0, 0.1) is 0 Å². The van der Waals surface area contributed by atoms with Gasteiger partial charge >= 0.3 is 0 Å². The van der Waals surface area contributed by atoms with E-state index < -0.39 is 0 Å². The van der Waals surface area contributed by atoms with Crippen molar-refractivity contribution < 1.29 is 4.42 Å². The molecule has 16 heavy (non-hydrogen) atoms. The Labute approximate surface area is 107 Å². The van der Waals surface area contributed by atoms with Gasteiger partial charge in [0.25, 0.3) is 0 Å². The molecule has 0 aromatic carbocycles. The normalized spacial score (nSPS) is 12.6. The molecule has 0 aliphatic carbocycles. The SMILES string of the molecule is NCC(Sc1ncccc1Br)c1ccco1. The highest BCUT2D eigenvalue weighted by molar-refractivity contribution is 9.10. The molecule has 0 radical (unpaired) electrons. The first-order chi connectivity index (χ1) is 7.81. The van der Waals surface area contributed by atoms with Crippen molar-refractivity contribution in [1.82, 2.24) is 4.98 Å². The minimum atomic E-state index is 0.0983. The molecule has 2 N–H and O–H groups in total. The number of pyridine rings is 1. The molecule has 0 aliphatic heterocycles. The lowest BCUT2D eigenvalue weighted by Crippen LogP contribution is -2.08. The summed E-state index contributed by atoms with van der Waals surface area (Å²) < 4.78 is 6.33. The molecule has 0 amide bonds. The van der Waals surface area contributed by atoms with Crippen LogP contribution in [0.15, 0.2) is 50.6 Å². The van der Waals surface area contributed by atoms with Crippen molar-refractivity contribution in [1.29, 1.82) is 0 Å². The molecule has 2 aromatic heterocycles. The molecule has 0 saturated carbocycles. The van der Waals surface area contributed by atoms with Gasteiger partial charge in [0.15, 0.2) is 0 Å². The zero-order valence-electron chi connectivity index (χ0n) is 8.47. The topological polar surface area (TPSA) is 52.0 Å². The molecule has 2 rings (SSSR count). The third kappa shape index (κ3) is 2.66. The van der Waals surface area contributed by atoms with Gasteiger partial charge in [0, 0.05) is 17.2 Å². The van der Waals surface area contributed by atoms with E-state index in [9.17, 15) is 0 Å². The maximum atomic E-state index is 5.74. The Morgan fingerprint density at radius 2 is 2.31 bits per heavy atom. The highest BCUT2D eigenvalue weighted by Gasteiger charge is 2.16. The highest BCUT2D eigenvalue weighted by atomic mass is 79.9. The van der Waals surface area contributed by atoms with Crippen LogP contribution < -0.4 is 5.73 Å². The fourth-order valence-electron chi connectivity index (χ4n) is 1.29. The smallest absolute Gasteiger partial charge is 0.118 e. The van der Waals surface area contributed by atoms with Crippen LogP contribution in [0.5, 0.6) is 0 Å². The van der Waals surface area contributed by atoms with Gasteiger partial charge in [-0.15, -0.1) is 0 Å². The van der Waals surface area contributed by atoms with E-state index in [2.05, 4.69) is 20.9 Å². The Hall–Kier alpha value is -0.780. The first-order valence-corrected chi connectivity index (χ1v) is 6.49. The van der Waals surface area contributed by atoms with Crippen molar-refractivity contribution in [3.8, 4) is 0 Å². The van der Waals surface area contributed by atoms with E-state index in [0.29, 0.717) is 6.54 Å². The molecular weight excluding hydrogens is 288 g/mol. The summed E-state index contributed by atoms with van der Waals surface area (Å²) in [6.45, 7) is 0.515. The maximum Gasteiger partial charge on any atom is 0.118 e. The summed E-state index contributed by atoms with van der Waals surface area (Å²) >= 11 is 5.06. The first kappa shape index (κ1) is 11.7. The molecule has 5 heteroatoms. The van der Waals surface area contributed by atoms with Crippen LogP contribution in [0.25, 0.3) is 0 Å². The largest absolute Gasteiger partial charge is 0.468 e. The number of hydrogen-bond donors (Lipinski definition) is 1. The number of hydrogen-bond acceptors (Lipinski definition) is 4. The summed E-state index contributed by atoms with van der Waals surface area (Å²) in [5, 5.41) is 1.02. The molecule has 0 spiro atoms. The maximum absolute atomic E-state index is 5.74. The number of nitrogens with two attached hydrogens (primary N) is 1. The van der Waals surface area contributed by atoms with Gasteiger partial charge in [0.1, 0.15) is 10.8 Å². The number of halogens is 1. The van der Waals surface area contributed by atoms with Crippen LogP contribution in [0.3, 0.4) is 0 Å². The van der Waals surface area contributed by atoms with Gasteiger partial charge in [0.05, 0.1) is 11.5 Å². The second-order valence-electron chi connectivity index (χ2n) is 3.15. The number of aromatic nitrogens is 1. The van der Waals surface area contributed by atoms with Crippen LogP contribution in [0.1, 0.15) is 11.0 Å². The number of nitrogens with zero attached hydrogens (tertiary/aromatic N) is 1. The number of thioether (sulfide) groups is 1. The van der Waals surface area contributed by atoms with Gasteiger partial charge < -0.3 is 10.2 Å². The minimum Gasteiger partial charge on any atom is -0.468 e. The van der Waals surface area contributed by atoms with Crippen LogP contribution >= 0.6 is 27.7 Å². The summed E-state index contributed by atoms with van der Waals surface area (Å²) in [6, 6.07) is 7.65. The average molecular weight is 299 g/mol. The van der Waals surface area contributed by atoms with Gasteiger partial charge in [-0.25, -0.2) is 4.98 Å². The molecule has 2 aromatic rings. The van der Waals surface area contributed by atoms with Crippen molar-refractivity contribution in [2.24, 2.45) is 5.73 Å². The molecule has 1 atom stereocenters. The molecule has 3 nitrogen and oxygen atoms in total. The summed E-state index contributed by atoms with van der Waals surface area (Å²) in [4.78, 5) is 4.29. The number of furan rings is 1. The Balaban J connectivity index is 2.17. The minimum absolute atomic E-state index is 0.0983. The van der Waals surface area contributed by atoms with Crippen LogP contribution in [-0.4, -0.2) is 11.5 Å². The molecule has 0 aliphatic rings. The molecular formula is C11H11BrN2OS. The van der Waals surface area contributed by atoms with Crippen molar-refractivity contribution in [3.05, 3.63) is 47.0 Å². The van der Waals surface area contributed by atoms with Gasteiger partial charge in [-0.1, -0.05) is 11.8 Å². The summed E-state index contributed by atoms with van der Waals surface area (Å²) in [6.07, 6.45) is 3.43. The zero-order chi connectivity index (χ0) is 11.4. The summed E-state index contributed by atoms with van der Waals surface area (Å²) in [5.74, 6) is 0.880. The van der Waals surface area contributed by atoms with Crippen LogP contribution in [0.2, 0.25) is 0 Å².